The second-order valence-electron chi connectivity index (χ2n) is 5.19. The Morgan fingerprint density at radius 3 is 2.69 bits per heavy atom. The summed E-state index contributed by atoms with van der Waals surface area (Å²) in [6, 6.07) is 4.27. The van der Waals surface area contributed by atoms with E-state index in [-0.39, 0.29) is 15.8 Å². The number of anilines is 2. The smallest absolute Gasteiger partial charge is 0.341 e. The molecule has 0 saturated carbocycles. The number of aryl methyl sites for hydroxylation is 1. The number of nitro groups is 1. The number of nitrogens with zero attached hydrogens (tertiary/aromatic N) is 1. The molecule has 0 radical (unpaired) electrons. The van der Waals surface area contributed by atoms with E-state index in [1.807, 2.05) is 13.8 Å². The van der Waals surface area contributed by atoms with Gasteiger partial charge in [-0.2, -0.15) is 0 Å². The molecule has 0 bridgehead atoms. The normalized spacial score (nSPS) is 10.3. The maximum absolute atomic E-state index is 12.1. The number of esters is 1. The van der Waals surface area contributed by atoms with Gasteiger partial charge in [0.05, 0.1) is 17.6 Å². The van der Waals surface area contributed by atoms with E-state index in [0.717, 1.165) is 10.4 Å². The van der Waals surface area contributed by atoms with E-state index >= 15 is 0 Å². The standard InChI is InChI=1S/C16H16ClN3O4S2/c1-4-10-8(2)26-14(13(10)15(21)24-3)19-16(25)18-9-5-6-11(17)12(7-9)20(22)23/h5-7H,4H2,1-3H3,(H2,18,19,25). The van der Waals surface area contributed by atoms with Crippen LogP contribution in [0.15, 0.2) is 18.2 Å². The largest absolute Gasteiger partial charge is 0.465 e. The summed E-state index contributed by atoms with van der Waals surface area (Å²) in [5.74, 6) is -0.446. The number of carbonyl (C=O) groups excluding carboxylic acids is 1. The van der Waals surface area contributed by atoms with E-state index < -0.39 is 10.9 Å². The first kappa shape index (κ1) is 20.1. The molecule has 138 valence electrons. The minimum absolute atomic E-state index is 0.0360. The molecule has 0 aliphatic heterocycles. The summed E-state index contributed by atoms with van der Waals surface area (Å²) in [5, 5.41) is 17.6. The lowest BCUT2D eigenvalue weighted by Gasteiger charge is -2.11. The number of rotatable bonds is 5. The predicted molar refractivity (Wildman–Crippen MR) is 108 cm³/mol. The maximum atomic E-state index is 12.1. The first-order valence-electron chi connectivity index (χ1n) is 7.51. The third kappa shape index (κ3) is 4.29. The van der Waals surface area contributed by atoms with Crippen molar-refractivity contribution in [1.82, 2.24) is 0 Å². The number of carbonyl (C=O) groups is 1. The lowest BCUT2D eigenvalue weighted by molar-refractivity contribution is -0.384. The van der Waals surface area contributed by atoms with E-state index in [1.165, 1.54) is 30.6 Å². The summed E-state index contributed by atoms with van der Waals surface area (Å²) < 4.78 is 4.86. The lowest BCUT2D eigenvalue weighted by atomic mass is 10.1. The zero-order chi connectivity index (χ0) is 19.4. The molecule has 2 N–H and O–H groups in total. The van der Waals surface area contributed by atoms with Crippen molar-refractivity contribution in [3.8, 4) is 0 Å². The van der Waals surface area contributed by atoms with E-state index in [9.17, 15) is 14.9 Å². The van der Waals surface area contributed by atoms with Gasteiger partial charge in [0.15, 0.2) is 5.11 Å². The van der Waals surface area contributed by atoms with Gasteiger partial charge in [-0.3, -0.25) is 10.1 Å². The highest BCUT2D eigenvalue weighted by atomic mass is 35.5. The fourth-order valence-corrected chi connectivity index (χ4v) is 4.01. The van der Waals surface area contributed by atoms with Crippen LogP contribution in [-0.2, 0) is 11.2 Å². The van der Waals surface area contributed by atoms with Crippen molar-refractivity contribution < 1.29 is 14.5 Å². The molecule has 2 aromatic rings. The molecule has 0 aliphatic rings. The average Bonchev–Trinajstić information content (AvgIpc) is 2.90. The third-order valence-electron chi connectivity index (χ3n) is 3.58. The van der Waals surface area contributed by atoms with Crippen LogP contribution in [0.2, 0.25) is 5.02 Å². The molecule has 2 rings (SSSR count). The molecule has 0 saturated heterocycles. The minimum atomic E-state index is -0.574. The van der Waals surface area contributed by atoms with Crippen LogP contribution < -0.4 is 10.6 Å². The molecule has 1 heterocycles. The average molecular weight is 414 g/mol. The van der Waals surface area contributed by atoms with Crippen molar-refractivity contribution in [2.75, 3.05) is 17.7 Å². The van der Waals surface area contributed by atoms with Crippen LogP contribution in [0.25, 0.3) is 0 Å². The van der Waals surface area contributed by atoms with Gasteiger partial charge in [-0.15, -0.1) is 11.3 Å². The summed E-state index contributed by atoms with van der Waals surface area (Å²) >= 11 is 12.4. The van der Waals surface area contributed by atoms with Gasteiger partial charge in [0.1, 0.15) is 10.0 Å². The van der Waals surface area contributed by atoms with E-state index in [0.29, 0.717) is 22.7 Å². The summed E-state index contributed by atoms with van der Waals surface area (Å²) in [4.78, 5) is 23.5. The van der Waals surface area contributed by atoms with E-state index in [4.69, 9.17) is 28.6 Å². The Morgan fingerprint density at radius 1 is 1.42 bits per heavy atom. The highest BCUT2D eigenvalue weighted by Gasteiger charge is 2.22. The number of methoxy groups -OCH3 is 1. The van der Waals surface area contributed by atoms with E-state index in [1.54, 1.807) is 6.07 Å². The Hall–Kier alpha value is -2.23. The van der Waals surface area contributed by atoms with Crippen molar-refractivity contribution in [1.29, 1.82) is 0 Å². The number of hydrogen-bond acceptors (Lipinski definition) is 6. The molecular weight excluding hydrogens is 398 g/mol. The Balaban J connectivity index is 2.25. The van der Waals surface area contributed by atoms with Crippen LogP contribution in [0.5, 0.6) is 0 Å². The summed E-state index contributed by atoms with van der Waals surface area (Å²) in [5.41, 5.74) is 1.52. The van der Waals surface area contributed by atoms with Gasteiger partial charge in [-0.05, 0) is 43.3 Å². The summed E-state index contributed by atoms with van der Waals surface area (Å²) in [6.45, 7) is 3.87. The second kappa shape index (κ2) is 8.43. The quantitative estimate of drug-likeness (QED) is 0.315. The van der Waals surface area contributed by atoms with Gasteiger partial charge < -0.3 is 15.4 Å². The molecule has 7 nitrogen and oxygen atoms in total. The Kier molecular flexibility index (Phi) is 6.52. The van der Waals surface area contributed by atoms with Crippen LogP contribution in [0, 0.1) is 17.0 Å². The number of benzene rings is 1. The second-order valence-corrected chi connectivity index (χ2v) is 7.23. The van der Waals surface area contributed by atoms with Gasteiger partial charge >= 0.3 is 5.97 Å². The van der Waals surface area contributed by atoms with Crippen LogP contribution >= 0.6 is 35.2 Å². The van der Waals surface area contributed by atoms with Crippen molar-refractivity contribution in [2.45, 2.75) is 20.3 Å². The van der Waals surface area contributed by atoms with Crippen molar-refractivity contribution in [3.05, 3.63) is 49.3 Å². The molecule has 0 atom stereocenters. The lowest BCUT2D eigenvalue weighted by Crippen LogP contribution is -2.20. The molecule has 0 amide bonds. The molecule has 0 aliphatic carbocycles. The molecule has 0 fully saturated rings. The zero-order valence-corrected chi connectivity index (χ0v) is 16.6. The molecular formula is C16H16ClN3O4S2. The first-order chi connectivity index (χ1) is 12.3. The maximum Gasteiger partial charge on any atom is 0.341 e. The molecule has 26 heavy (non-hydrogen) atoms. The summed E-state index contributed by atoms with van der Waals surface area (Å²) in [6.07, 6.45) is 0.679. The highest BCUT2D eigenvalue weighted by Crippen LogP contribution is 2.34. The zero-order valence-electron chi connectivity index (χ0n) is 14.2. The number of nitro benzene ring substituents is 1. The van der Waals surface area contributed by atoms with Gasteiger partial charge in [0.2, 0.25) is 0 Å². The number of nitrogens with one attached hydrogen (secondary N) is 2. The number of hydrogen-bond donors (Lipinski definition) is 2. The van der Waals surface area contributed by atoms with Gasteiger partial charge in [0.25, 0.3) is 5.69 Å². The van der Waals surface area contributed by atoms with Crippen LogP contribution in [0.4, 0.5) is 16.4 Å². The fourth-order valence-electron chi connectivity index (χ4n) is 2.41. The molecule has 0 spiro atoms. The van der Waals surface area contributed by atoms with Gasteiger partial charge in [0, 0.05) is 16.6 Å². The molecule has 10 heteroatoms. The predicted octanol–water partition coefficient (Wildman–Crippen LogP) is 4.78. The molecule has 0 unspecified atom stereocenters. The SMILES string of the molecule is CCc1c(C)sc(NC(=S)Nc2ccc(Cl)c([N+](=O)[O-])c2)c1C(=O)OC. The van der Waals surface area contributed by atoms with Crippen LogP contribution in [0.1, 0.15) is 27.7 Å². The molecule has 1 aromatic carbocycles. The Bertz CT molecular complexity index is 883. The highest BCUT2D eigenvalue weighted by molar-refractivity contribution is 7.80. The number of halogens is 1. The number of thiocarbonyl (C=S) groups is 1. The van der Waals surface area contributed by atoms with Crippen LogP contribution in [0.3, 0.4) is 0 Å². The molecule has 1 aromatic heterocycles. The van der Waals surface area contributed by atoms with Crippen molar-refractivity contribution >= 4 is 62.6 Å². The van der Waals surface area contributed by atoms with Gasteiger partial charge in [-0.1, -0.05) is 18.5 Å². The number of ether oxygens (including phenoxy) is 1. The fraction of sp³-hybridized carbons (Fsp3) is 0.250. The summed E-state index contributed by atoms with van der Waals surface area (Å²) in [7, 11) is 1.32. The number of thiophene rings is 1. The van der Waals surface area contributed by atoms with Crippen molar-refractivity contribution in [3.63, 3.8) is 0 Å². The van der Waals surface area contributed by atoms with Gasteiger partial charge in [-0.25, -0.2) is 4.79 Å². The topological polar surface area (TPSA) is 93.5 Å². The Morgan fingerprint density at radius 2 is 2.12 bits per heavy atom. The van der Waals surface area contributed by atoms with E-state index in [2.05, 4.69) is 10.6 Å². The minimum Gasteiger partial charge on any atom is -0.465 e. The van der Waals surface area contributed by atoms with Crippen molar-refractivity contribution in [2.24, 2.45) is 0 Å². The van der Waals surface area contributed by atoms with Crippen LogP contribution in [-0.4, -0.2) is 23.1 Å². The third-order valence-corrected chi connectivity index (χ3v) is 5.17. The monoisotopic (exact) mass is 413 g/mol. The first-order valence-corrected chi connectivity index (χ1v) is 9.11. The Labute approximate surface area is 164 Å².